The topological polar surface area (TPSA) is 83.6 Å². The Morgan fingerprint density at radius 2 is 1.84 bits per heavy atom. The van der Waals surface area contributed by atoms with Crippen LogP contribution in [0.2, 0.25) is 0 Å². The number of benzene rings is 2. The number of anilines is 2. The van der Waals surface area contributed by atoms with Gasteiger partial charge in [-0.25, -0.2) is 4.98 Å². The van der Waals surface area contributed by atoms with Gasteiger partial charge in [-0.15, -0.1) is 11.3 Å². The van der Waals surface area contributed by atoms with E-state index in [0.717, 1.165) is 16.9 Å². The number of para-hydroxylation sites is 1. The molecule has 3 aromatic rings. The van der Waals surface area contributed by atoms with Gasteiger partial charge in [0.2, 0.25) is 0 Å². The molecule has 1 fully saturated rings. The first-order valence-electron chi connectivity index (χ1n) is 10.1. The van der Waals surface area contributed by atoms with Crippen LogP contribution in [0.25, 0.3) is 0 Å². The van der Waals surface area contributed by atoms with Gasteiger partial charge in [-0.1, -0.05) is 24.3 Å². The third kappa shape index (κ3) is 5.28. The first kappa shape index (κ1) is 21.0. The van der Waals surface area contributed by atoms with E-state index in [0.29, 0.717) is 49.1 Å². The monoisotopic (exact) mass is 436 g/mol. The molecule has 2 amide bonds. The number of nitrogens with zero attached hydrogens (tertiary/aromatic N) is 2. The van der Waals surface area contributed by atoms with Crippen molar-refractivity contribution in [2.75, 3.05) is 36.9 Å². The predicted octanol–water partition coefficient (Wildman–Crippen LogP) is 3.79. The van der Waals surface area contributed by atoms with Crippen LogP contribution in [0.15, 0.2) is 53.9 Å². The number of rotatable bonds is 6. The third-order valence-corrected chi connectivity index (χ3v) is 5.87. The van der Waals surface area contributed by atoms with Crippen molar-refractivity contribution in [2.24, 2.45) is 0 Å². The standard InChI is InChI=1S/C23H24N4O3S/c1-16-15-31-23(25-16)26-21(28)18-8-6-17(7-9-18)14-24-20-5-3-2-4-19(20)22(29)27-10-12-30-13-11-27/h2-9,15,24H,10-14H2,1H3,(H,25,26,28). The van der Waals surface area contributed by atoms with Crippen molar-refractivity contribution in [3.8, 4) is 0 Å². The van der Waals surface area contributed by atoms with Crippen LogP contribution in [0.4, 0.5) is 10.8 Å². The summed E-state index contributed by atoms with van der Waals surface area (Å²) in [5.74, 6) is -0.175. The molecule has 0 bridgehead atoms. The lowest BCUT2D eigenvalue weighted by Crippen LogP contribution is -2.40. The fraction of sp³-hybridized carbons (Fsp3) is 0.261. The minimum Gasteiger partial charge on any atom is -0.380 e. The van der Waals surface area contributed by atoms with Gasteiger partial charge in [0.25, 0.3) is 11.8 Å². The maximum atomic E-state index is 12.9. The molecule has 7 nitrogen and oxygen atoms in total. The lowest BCUT2D eigenvalue weighted by molar-refractivity contribution is 0.0303. The number of amides is 2. The highest BCUT2D eigenvalue weighted by Gasteiger charge is 2.20. The molecule has 2 N–H and O–H groups in total. The zero-order valence-corrected chi connectivity index (χ0v) is 18.1. The van der Waals surface area contributed by atoms with E-state index in [1.54, 1.807) is 12.1 Å². The number of hydrogen-bond donors (Lipinski definition) is 2. The van der Waals surface area contributed by atoms with Crippen molar-refractivity contribution in [2.45, 2.75) is 13.5 Å². The van der Waals surface area contributed by atoms with E-state index in [2.05, 4.69) is 15.6 Å². The fourth-order valence-corrected chi connectivity index (χ4v) is 4.00. The minimum atomic E-state index is -0.185. The molecule has 1 saturated heterocycles. The summed E-state index contributed by atoms with van der Waals surface area (Å²) in [6, 6.07) is 14.9. The minimum absolute atomic E-state index is 0.0100. The summed E-state index contributed by atoms with van der Waals surface area (Å²) >= 11 is 1.40. The second kappa shape index (κ2) is 9.72. The quantitative estimate of drug-likeness (QED) is 0.614. The Hall–Kier alpha value is -3.23. The highest BCUT2D eigenvalue weighted by Crippen LogP contribution is 2.20. The highest BCUT2D eigenvalue weighted by atomic mass is 32.1. The maximum absolute atomic E-state index is 12.9. The van der Waals surface area contributed by atoms with Gasteiger partial charge < -0.3 is 15.0 Å². The number of aryl methyl sites for hydroxylation is 1. The number of nitrogens with one attached hydrogen (secondary N) is 2. The predicted molar refractivity (Wildman–Crippen MR) is 122 cm³/mol. The largest absolute Gasteiger partial charge is 0.380 e. The van der Waals surface area contributed by atoms with Gasteiger partial charge >= 0.3 is 0 Å². The molecule has 160 valence electrons. The summed E-state index contributed by atoms with van der Waals surface area (Å²) in [7, 11) is 0. The van der Waals surface area contributed by atoms with E-state index >= 15 is 0 Å². The Bertz CT molecular complexity index is 1060. The van der Waals surface area contributed by atoms with Crippen molar-refractivity contribution in [1.82, 2.24) is 9.88 Å². The summed E-state index contributed by atoms with van der Waals surface area (Å²) < 4.78 is 5.34. The molecule has 0 atom stereocenters. The van der Waals surface area contributed by atoms with Gasteiger partial charge in [0, 0.05) is 36.3 Å². The van der Waals surface area contributed by atoms with E-state index in [9.17, 15) is 9.59 Å². The number of carbonyl (C=O) groups is 2. The molecular weight excluding hydrogens is 412 g/mol. The van der Waals surface area contributed by atoms with Crippen LogP contribution in [-0.2, 0) is 11.3 Å². The lowest BCUT2D eigenvalue weighted by atomic mass is 10.1. The molecule has 8 heteroatoms. The molecule has 4 rings (SSSR count). The van der Waals surface area contributed by atoms with E-state index in [-0.39, 0.29) is 11.8 Å². The summed E-state index contributed by atoms with van der Waals surface area (Å²) in [6.07, 6.45) is 0. The molecule has 2 heterocycles. The zero-order valence-electron chi connectivity index (χ0n) is 17.3. The molecule has 1 aliphatic heterocycles. The SMILES string of the molecule is Cc1csc(NC(=O)c2ccc(CNc3ccccc3C(=O)N3CCOCC3)cc2)n1. The average Bonchev–Trinajstić information content (AvgIpc) is 3.22. The van der Waals surface area contributed by atoms with E-state index < -0.39 is 0 Å². The molecule has 31 heavy (non-hydrogen) atoms. The van der Waals surface area contributed by atoms with Crippen LogP contribution < -0.4 is 10.6 Å². The van der Waals surface area contributed by atoms with Gasteiger partial charge in [0.15, 0.2) is 5.13 Å². The fourth-order valence-electron chi connectivity index (χ4n) is 3.31. The second-order valence-corrected chi connectivity index (χ2v) is 8.11. The molecule has 0 unspecified atom stereocenters. The molecule has 1 aliphatic rings. The van der Waals surface area contributed by atoms with E-state index in [1.165, 1.54) is 11.3 Å². The Morgan fingerprint density at radius 3 is 2.55 bits per heavy atom. The number of morpholine rings is 1. The van der Waals surface area contributed by atoms with Crippen LogP contribution in [0.5, 0.6) is 0 Å². The number of thiazole rings is 1. The maximum Gasteiger partial charge on any atom is 0.257 e. The molecule has 0 aliphatic carbocycles. The van der Waals surface area contributed by atoms with Crippen molar-refractivity contribution in [3.63, 3.8) is 0 Å². The van der Waals surface area contributed by atoms with Crippen LogP contribution in [0, 0.1) is 6.92 Å². The molecular formula is C23H24N4O3S. The van der Waals surface area contributed by atoms with Gasteiger partial charge in [-0.05, 0) is 36.8 Å². The van der Waals surface area contributed by atoms with Gasteiger partial charge in [-0.3, -0.25) is 14.9 Å². The first-order valence-corrected chi connectivity index (χ1v) is 11.0. The zero-order chi connectivity index (χ0) is 21.6. The molecule has 0 saturated carbocycles. The number of hydrogen-bond acceptors (Lipinski definition) is 6. The summed E-state index contributed by atoms with van der Waals surface area (Å²) in [4.78, 5) is 31.3. The second-order valence-electron chi connectivity index (χ2n) is 7.25. The van der Waals surface area contributed by atoms with Crippen LogP contribution in [0.3, 0.4) is 0 Å². The number of carbonyl (C=O) groups excluding carboxylic acids is 2. The summed E-state index contributed by atoms with van der Waals surface area (Å²) in [6.45, 7) is 4.79. The molecule has 1 aromatic heterocycles. The van der Waals surface area contributed by atoms with Crippen molar-refractivity contribution >= 4 is 34.0 Å². The normalized spacial score (nSPS) is 13.6. The van der Waals surface area contributed by atoms with Crippen molar-refractivity contribution in [1.29, 1.82) is 0 Å². The molecule has 0 spiro atoms. The Balaban J connectivity index is 1.38. The molecule has 2 aromatic carbocycles. The average molecular weight is 437 g/mol. The Kier molecular flexibility index (Phi) is 6.59. The highest BCUT2D eigenvalue weighted by molar-refractivity contribution is 7.13. The summed E-state index contributed by atoms with van der Waals surface area (Å²) in [5.41, 5.74) is 3.91. The van der Waals surface area contributed by atoms with E-state index in [1.807, 2.05) is 53.6 Å². The van der Waals surface area contributed by atoms with Crippen molar-refractivity contribution in [3.05, 3.63) is 76.3 Å². The van der Waals surface area contributed by atoms with Gasteiger partial charge in [-0.2, -0.15) is 0 Å². The first-order chi connectivity index (χ1) is 15.1. The van der Waals surface area contributed by atoms with Crippen molar-refractivity contribution < 1.29 is 14.3 Å². The third-order valence-electron chi connectivity index (χ3n) is 4.99. The Morgan fingerprint density at radius 1 is 1.10 bits per heavy atom. The summed E-state index contributed by atoms with van der Waals surface area (Å²) in [5, 5.41) is 8.65. The number of ether oxygens (including phenoxy) is 1. The molecule has 0 radical (unpaired) electrons. The van der Waals surface area contributed by atoms with E-state index in [4.69, 9.17) is 4.74 Å². The van der Waals surface area contributed by atoms with Crippen LogP contribution >= 0.6 is 11.3 Å². The van der Waals surface area contributed by atoms with Gasteiger partial charge in [0.1, 0.15) is 0 Å². The van der Waals surface area contributed by atoms with Gasteiger partial charge in [0.05, 0.1) is 24.5 Å². The Labute approximate surface area is 185 Å². The lowest BCUT2D eigenvalue weighted by Gasteiger charge is -2.27. The smallest absolute Gasteiger partial charge is 0.257 e. The van der Waals surface area contributed by atoms with Crippen LogP contribution in [0.1, 0.15) is 32.0 Å². The van der Waals surface area contributed by atoms with Crippen LogP contribution in [-0.4, -0.2) is 48.0 Å². The number of aromatic nitrogens is 1.